The average Bonchev–Trinajstić information content (AvgIpc) is 3.20. The molecule has 1 fully saturated rings. The number of nitrogens with zero attached hydrogens (tertiary/aromatic N) is 1. The molecule has 11 nitrogen and oxygen atoms in total. The van der Waals surface area contributed by atoms with Crippen LogP contribution in [0.15, 0.2) is 23.1 Å². The molecule has 2 atom stereocenters. The second kappa shape index (κ2) is 9.76. The molecule has 1 amide bonds. The first kappa shape index (κ1) is 23.4. The lowest BCUT2D eigenvalue weighted by Crippen LogP contribution is -2.50. The van der Waals surface area contributed by atoms with E-state index in [1.54, 1.807) is 0 Å². The van der Waals surface area contributed by atoms with Crippen molar-refractivity contribution in [2.24, 2.45) is 0 Å². The Bertz CT molecular complexity index is 916. The first-order chi connectivity index (χ1) is 14.1. The molecule has 0 radical (unpaired) electrons. The highest BCUT2D eigenvalue weighted by atomic mass is 32.2. The lowest BCUT2D eigenvalue weighted by atomic mass is 10.1. The fourth-order valence-corrected chi connectivity index (χ4v) is 4.87. The van der Waals surface area contributed by atoms with Gasteiger partial charge in [0, 0.05) is 19.0 Å². The maximum atomic E-state index is 13.1. The third kappa shape index (κ3) is 5.19. The van der Waals surface area contributed by atoms with Crippen molar-refractivity contribution in [3.8, 4) is 11.5 Å². The van der Waals surface area contributed by atoms with Crippen molar-refractivity contribution in [3.05, 3.63) is 18.2 Å². The smallest absolute Gasteiger partial charge is 0.326 e. The van der Waals surface area contributed by atoms with Crippen LogP contribution < -0.4 is 14.8 Å². The summed E-state index contributed by atoms with van der Waals surface area (Å²) in [6, 6.07) is 1.52. The quantitative estimate of drug-likeness (QED) is 0.461. The molecule has 30 heavy (non-hydrogen) atoms. The molecule has 0 bridgehead atoms. The molecule has 0 saturated carbocycles. The summed E-state index contributed by atoms with van der Waals surface area (Å²) in [5, 5.41) is 20.2. The van der Waals surface area contributed by atoms with Crippen LogP contribution in [0.1, 0.15) is 25.7 Å². The first-order valence-electron chi connectivity index (χ1n) is 9.10. The number of ether oxygens (including phenoxy) is 2. The van der Waals surface area contributed by atoms with Crippen molar-refractivity contribution in [2.75, 3.05) is 20.8 Å². The van der Waals surface area contributed by atoms with Crippen LogP contribution in [0.25, 0.3) is 0 Å². The summed E-state index contributed by atoms with van der Waals surface area (Å²) in [5.74, 6) is -2.83. The Morgan fingerprint density at radius 2 is 1.87 bits per heavy atom. The van der Waals surface area contributed by atoms with E-state index in [0.29, 0.717) is 12.2 Å². The number of aliphatic carboxylic acids is 2. The molecule has 12 heteroatoms. The highest BCUT2D eigenvalue weighted by Gasteiger charge is 2.40. The summed E-state index contributed by atoms with van der Waals surface area (Å²) >= 11 is 0. The van der Waals surface area contributed by atoms with Crippen molar-refractivity contribution in [3.63, 3.8) is 0 Å². The predicted molar refractivity (Wildman–Crippen MR) is 103 cm³/mol. The molecule has 1 aliphatic rings. The number of carboxylic acids is 2. The fourth-order valence-electron chi connectivity index (χ4n) is 3.20. The third-order valence-corrected chi connectivity index (χ3v) is 6.63. The Morgan fingerprint density at radius 3 is 2.43 bits per heavy atom. The number of hydrogen-bond acceptors (Lipinski definition) is 7. The average molecular weight is 444 g/mol. The van der Waals surface area contributed by atoms with Crippen LogP contribution in [0, 0.1) is 0 Å². The van der Waals surface area contributed by atoms with Gasteiger partial charge in [0.2, 0.25) is 15.9 Å². The first-order valence-corrected chi connectivity index (χ1v) is 10.5. The van der Waals surface area contributed by atoms with E-state index in [1.807, 2.05) is 0 Å². The Morgan fingerprint density at radius 1 is 1.20 bits per heavy atom. The van der Waals surface area contributed by atoms with E-state index in [1.165, 1.54) is 32.4 Å². The minimum atomic E-state index is -4.08. The topological polar surface area (TPSA) is 160 Å². The van der Waals surface area contributed by atoms with E-state index in [2.05, 4.69) is 5.32 Å². The van der Waals surface area contributed by atoms with Crippen LogP contribution in [-0.2, 0) is 24.4 Å². The van der Waals surface area contributed by atoms with E-state index in [-0.39, 0.29) is 30.0 Å². The summed E-state index contributed by atoms with van der Waals surface area (Å²) in [7, 11) is -1.30. The Hall–Kier alpha value is -2.86. The minimum absolute atomic E-state index is 0.0849. The van der Waals surface area contributed by atoms with Crippen LogP contribution in [0.5, 0.6) is 11.5 Å². The van der Waals surface area contributed by atoms with Gasteiger partial charge in [0.15, 0.2) is 11.5 Å². The number of methoxy groups -OCH3 is 2. The van der Waals surface area contributed by atoms with Gasteiger partial charge in [-0.2, -0.15) is 4.31 Å². The summed E-state index contributed by atoms with van der Waals surface area (Å²) in [6.07, 6.45) is -0.137. The molecule has 1 heterocycles. The van der Waals surface area contributed by atoms with Crippen LogP contribution in [0.3, 0.4) is 0 Å². The zero-order chi connectivity index (χ0) is 22.5. The molecule has 1 saturated heterocycles. The third-order valence-electron chi connectivity index (χ3n) is 4.73. The van der Waals surface area contributed by atoms with Gasteiger partial charge in [-0.1, -0.05) is 0 Å². The van der Waals surface area contributed by atoms with Crippen molar-refractivity contribution < 1.29 is 42.5 Å². The van der Waals surface area contributed by atoms with Gasteiger partial charge in [0.05, 0.1) is 19.1 Å². The van der Waals surface area contributed by atoms with Gasteiger partial charge in [-0.15, -0.1) is 0 Å². The number of carboxylic acid groups (broad SMARTS) is 2. The molecule has 3 N–H and O–H groups in total. The van der Waals surface area contributed by atoms with E-state index in [4.69, 9.17) is 14.6 Å². The number of amides is 1. The van der Waals surface area contributed by atoms with Crippen LogP contribution >= 0.6 is 0 Å². The second-order valence-electron chi connectivity index (χ2n) is 6.62. The van der Waals surface area contributed by atoms with Crippen LogP contribution in [0.2, 0.25) is 0 Å². The lowest BCUT2D eigenvalue weighted by molar-refractivity contribution is -0.143. The van der Waals surface area contributed by atoms with E-state index in [9.17, 15) is 27.9 Å². The SMILES string of the molecule is COc1ccc(S(=O)(=O)N2CCCC2C(=O)N[C@@H](CCC(=O)O)C(=O)O)cc1OC. The zero-order valence-electron chi connectivity index (χ0n) is 16.5. The molecule has 0 aromatic heterocycles. The second-order valence-corrected chi connectivity index (χ2v) is 8.51. The molecule has 0 spiro atoms. The summed E-state index contributed by atoms with van der Waals surface area (Å²) in [6.45, 7) is 0.0849. The van der Waals surface area contributed by atoms with Crippen molar-refractivity contribution >= 4 is 27.9 Å². The monoisotopic (exact) mass is 444 g/mol. The van der Waals surface area contributed by atoms with Gasteiger partial charge in [-0.3, -0.25) is 9.59 Å². The summed E-state index contributed by atoms with van der Waals surface area (Å²) in [4.78, 5) is 34.6. The predicted octanol–water partition coefficient (Wildman–Crippen LogP) is 0.291. The van der Waals surface area contributed by atoms with Gasteiger partial charge in [0.25, 0.3) is 0 Å². The lowest BCUT2D eigenvalue weighted by Gasteiger charge is -2.25. The Kier molecular flexibility index (Phi) is 7.62. The maximum absolute atomic E-state index is 13.1. The normalized spacial score (nSPS) is 17.9. The maximum Gasteiger partial charge on any atom is 0.326 e. The summed E-state index contributed by atoms with van der Waals surface area (Å²) in [5.41, 5.74) is 0. The number of hydrogen-bond donors (Lipinski definition) is 3. The molecule has 166 valence electrons. The van der Waals surface area contributed by atoms with E-state index >= 15 is 0 Å². The number of carbonyl (C=O) groups is 3. The van der Waals surface area contributed by atoms with Gasteiger partial charge in [0.1, 0.15) is 12.1 Å². The number of benzene rings is 1. The van der Waals surface area contributed by atoms with Crippen molar-refractivity contribution in [2.45, 2.75) is 42.7 Å². The fraction of sp³-hybridized carbons (Fsp3) is 0.500. The van der Waals surface area contributed by atoms with E-state index < -0.39 is 46.4 Å². The highest BCUT2D eigenvalue weighted by molar-refractivity contribution is 7.89. The molecule has 1 aromatic carbocycles. The number of sulfonamides is 1. The molecular formula is C18H24N2O9S. The van der Waals surface area contributed by atoms with Gasteiger partial charge < -0.3 is 25.0 Å². The standard InChI is InChI=1S/C18H24N2O9S/c1-28-14-7-5-11(10-15(14)29-2)30(26,27)20-9-3-4-13(20)17(23)19-12(18(24)25)6-8-16(21)22/h5,7,10,12-13H,3-4,6,8-9H2,1-2H3,(H,19,23)(H,21,22)(H,24,25)/t12-,13?/m0/s1. The molecule has 1 aromatic rings. The Balaban J connectivity index is 2.24. The molecule has 0 aliphatic carbocycles. The van der Waals surface area contributed by atoms with E-state index in [0.717, 1.165) is 4.31 Å². The van der Waals surface area contributed by atoms with Gasteiger partial charge in [-0.25, -0.2) is 13.2 Å². The number of nitrogens with one attached hydrogen (secondary N) is 1. The minimum Gasteiger partial charge on any atom is -0.493 e. The van der Waals surface area contributed by atoms with Crippen molar-refractivity contribution in [1.29, 1.82) is 0 Å². The molecular weight excluding hydrogens is 420 g/mol. The van der Waals surface area contributed by atoms with Crippen LogP contribution in [-0.4, -0.2) is 73.6 Å². The molecule has 1 aliphatic heterocycles. The Labute approximate surface area is 173 Å². The van der Waals surface area contributed by atoms with Gasteiger partial charge in [-0.05, 0) is 31.4 Å². The zero-order valence-corrected chi connectivity index (χ0v) is 17.3. The largest absolute Gasteiger partial charge is 0.493 e. The molecule has 1 unspecified atom stereocenters. The highest BCUT2D eigenvalue weighted by Crippen LogP contribution is 2.33. The van der Waals surface area contributed by atoms with Gasteiger partial charge >= 0.3 is 11.9 Å². The summed E-state index contributed by atoms with van der Waals surface area (Å²) < 4.78 is 37.5. The van der Waals surface area contributed by atoms with Crippen LogP contribution in [0.4, 0.5) is 0 Å². The molecule has 2 rings (SSSR count). The van der Waals surface area contributed by atoms with Crippen molar-refractivity contribution in [1.82, 2.24) is 9.62 Å². The number of rotatable bonds is 10. The number of carbonyl (C=O) groups excluding carboxylic acids is 1.